The monoisotopic (exact) mass is 420 g/mol. The van der Waals surface area contributed by atoms with Crippen molar-refractivity contribution in [3.63, 3.8) is 0 Å². The Balaban J connectivity index is 1.40. The summed E-state index contributed by atoms with van der Waals surface area (Å²) in [6.45, 7) is 6.49. The van der Waals surface area contributed by atoms with Gasteiger partial charge in [-0.25, -0.2) is 4.37 Å². The molecule has 7 heteroatoms. The highest BCUT2D eigenvalue weighted by Gasteiger charge is 2.12. The minimum atomic E-state index is -0.173. The second kappa shape index (κ2) is 9.75. The maximum atomic E-state index is 12.4. The van der Waals surface area contributed by atoms with Crippen molar-refractivity contribution in [3.05, 3.63) is 71.0 Å². The fourth-order valence-corrected chi connectivity index (χ4v) is 3.98. The predicted molar refractivity (Wildman–Crippen MR) is 120 cm³/mol. The number of carbonyl (C=O) groups is 1. The molecule has 0 bridgehead atoms. The smallest absolute Gasteiger partial charge is 0.248 e. The van der Waals surface area contributed by atoms with Gasteiger partial charge in [0.25, 0.3) is 0 Å². The topological polar surface area (TPSA) is 67.4 Å². The first kappa shape index (κ1) is 20.4. The van der Waals surface area contributed by atoms with E-state index in [0.717, 1.165) is 55.2 Å². The van der Waals surface area contributed by atoms with Gasteiger partial charge in [0, 0.05) is 66.5 Å². The highest BCUT2D eigenvalue weighted by molar-refractivity contribution is 7.03. The average Bonchev–Trinajstić information content (AvgIpc) is 3.30. The molecular formula is C23H24N4O2S. The lowest BCUT2D eigenvalue weighted by Gasteiger charge is -2.27. The number of hydrogen-bond acceptors (Lipinski definition) is 6. The van der Waals surface area contributed by atoms with Gasteiger partial charge < -0.3 is 10.1 Å². The third-order valence-electron chi connectivity index (χ3n) is 5.12. The van der Waals surface area contributed by atoms with Crippen LogP contribution < -0.4 is 5.32 Å². The molecule has 2 aromatic heterocycles. The predicted octanol–water partition coefficient (Wildman–Crippen LogP) is 4.00. The molecule has 0 unspecified atom stereocenters. The maximum absolute atomic E-state index is 12.4. The number of carbonyl (C=O) groups excluding carboxylic acids is 1. The molecule has 0 spiro atoms. The number of nitrogens with zero attached hydrogens (tertiary/aromatic N) is 3. The third kappa shape index (κ3) is 5.18. The van der Waals surface area contributed by atoms with E-state index in [1.54, 1.807) is 18.5 Å². The molecule has 1 fully saturated rings. The molecule has 3 aromatic rings. The van der Waals surface area contributed by atoms with Crippen LogP contribution >= 0.6 is 11.5 Å². The number of amides is 1. The van der Waals surface area contributed by atoms with Gasteiger partial charge in [0.15, 0.2) is 0 Å². The van der Waals surface area contributed by atoms with Crippen LogP contribution in [0.3, 0.4) is 0 Å². The number of nitrogens with one attached hydrogen (secondary N) is 1. The van der Waals surface area contributed by atoms with Gasteiger partial charge in [-0.1, -0.05) is 6.07 Å². The molecule has 0 atom stereocenters. The standard InChI is InChI=1S/C23H24N4O2S/c1-17-12-21(4-2-19(17)15-27-8-10-29-11-9-27)26-23(28)5-3-18-13-24-7-6-22(18)20-14-25-30-16-20/h2-7,12-14,16H,8-11,15H2,1H3,(H,26,28). The van der Waals surface area contributed by atoms with Crippen molar-refractivity contribution in [1.82, 2.24) is 14.3 Å². The molecule has 4 rings (SSSR count). The van der Waals surface area contributed by atoms with E-state index in [1.165, 1.54) is 28.7 Å². The fraction of sp³-hybridized carbons (Fsp3) is 0.261. The minimum absolute atomic E-state index is 0.173. The second-order valence-electron chi connectivity index (χ2n) is 7.23. The lowest BCUT2D eigenvalue weighted by atomic mass is 10.1. The highest BCUT2D eigenvalue weighted by atomic mass is 32.1. The molecule has 154 valence electrons. The summed E-state index contributed by atoms with van der Waals surface area (Å²) in [7, 11) is 0. The number of hydrogen-bond donors (Lipinski definition) is 1. The van der Waals surface area contributed by atoms with Gasteiger partial charge in [0.1, 0.15) is 0 Å². The zero-order valence-electron chi connectivity index (χ0n) is 16.9. The number of ether oxygens (including phenoxy) is 1. The van der Waals surface area contributed by atoms with Gasteiger partial charge in [0.2, 0.25) is 5.91 Å². The van der Waals surface area contributed by atoms with E-state index in [0.29, 0.717) is 0 Å². The van der Waals surface area contributed by atoms with Crippen LogP contribution in [0.5, 0.6) is 0 Å². The van der Waals surface area contributed by atoms with E-state index in [2.05, 4.69) is 32.6 Å². The quantitative estimate of drug-likeness (QED) is 0.611. The van der Waals surface area contributed by atoms with Crippen LogP contribution in [0, 0.1) is 6.92 Å². The molecule has 1 amide bonds. The van der Waals surface area contributed by atoms with Gasteiger partial charge >= 0.3 is 0 Å². The Morgan fingerprint density at radius 3 is 2.90 bits per heavy atom. The number of aryl methyl sites for hydroxylation is 1. The van der Waals surface area contributed by atoms with Crippen LogP contribution in [0.25, 0.3) is 17.2 Å². The molecule has 1 N–H and O–H groups in total. The van der Waals surface area contributed by atoms with E-state index in [9.17, 15) is 4.79 Å². The van der Waals surface area contributed by atoms with Crippen LogP contribution in [0.1, 0.15) is 16.7 Å². The van der Waals surface area contributed by atoms with Crippen LogP contribution in [0.4, 0.5) is 5.69 Å². The molecule has 0 saturated carbocycles. The normalized spacial score (nSPS) is 14.8. The van der Waals surface area contributed by atoms with Crippen molar-refractivity contribution in [2.24, 2.45) is 0 Å². The van der Waals surface area contributed by atoms with Gasteiger partial charge in [-0.2, -0.15) is 0 Å². The lowest BCUT2D eigenvalue weighted by Crippen LogP contribution is -2.35. The van der Waals surface area contributed by atoms with Crippen molar-refractivity contribution >= 4 is 29.2 Å². The van der Waals surface area contributed by atoms with Gasteiger partial charge in [-0.3, -0.25) is 14.7 Å². The van der Waals surface area contributed by atoms with Crippen LogP contribution in [0.2, 0.25) is 0 Å². The Hall–Kier alpha value is -2.87. The first-order chi connectivity index (χ1) is 14.7. The summed E-state index contributed by atoms with van der Waals surface area (Å²) in [5.41, 5.74) is 6.14. The van der Waals surface area contributed by atoms with Crippen LogP contribution in [0.15, 0.2) is 54.3 Å². The van der Waals surface area contributed by atoms with E-state index in [-0.39, 0.29) is 5.91 Å². The van der Waals surface area contributed by atoms with Crippen molar-refractivity contribution in [3.8, 4) is 11.1 Å². The Kier molecular flexibility index (Phi) is 6.63. The summed E-state index contributed by atoms with van der Waals surface area (Å²) in [6, 6.07) is 8.00. The van der Waals surface area contributed by atoms with E-state index < -0.39 is 0 Å². The molecule has 1 aromatic carbocycles. The zero-order valence-corrected chi connectivity index (χ0v) is 17.7. The zero-order chi connectivity index (χ0) is 20.8. The van der Waals surface area contributed by atoms with Gasteiger partial charge in [-0.15, -0.1) is 0 Å². The van der Waals surface area contributed by atoms with Crippen molar-refractivity contribution in [2.45, 2.75) is 13.5 Å². The van der Waals surface area contributed by atoms with Crippen molar-refractivity contribution in [2.75, 3.05) is 31.6 Å². The summed E-state index contributed by atoms with van der Waals surface area (Å²) >= 11 is 1.40. The van der Waals surface area contributed by atoms with Crippen LogP contribution in [-0.2, 0) is 16.1 Å². The molecule has 1 aliphatic rings. The molecule has 1 aliphatic heterocycles. The van der Waals surface area contributed by atoms with Gasteiger partial charge in [0.05, 0.1) is 13.2 Å². The van der Waals surface area contributed by atoms with Gasteiger partial charge in [-0.05, 0) is 59.4 Å². The summed E-state index contributed by atoms with van der Waals surface area (Å²) < 4.78 is 9.56. The first-order valence-electron chi connectivity index (χ1n) is 9.91. The Labute approximate surface area is 180 Å². The number of aromatic nitrogens is 2. The Morgan fingerprint density at radius 1 is 1.27 bits per heavy atom. The highest BCUT2D eigenvalue weighted by Crippen LogP contribution is 2.25. The first-order valence-corrected chi connectivity index (χ1v) is 10.7. The molecule has 30 heavy (non-hydrogen) atoms. The SMILES string of the molecule is Cc1cc(NC(=O)C=Cc2cnccc2-c2cnsc2)ccc1CN1CCOCC1. The molecule has 0 radical (unpaired) electrons. The molecule has 3 heterocycles. The number of benzene rings is 1. The number of pyridine rings is 1. The maximum Gasteiger partial charge on any atom is 0.248 e. The number of anilines is 1. The van der Waals surface area contributed by atoms with Crippen LogP contribution in [-0.4, -0.2) is 46.5 Å². The summed E-state index contributed by atoms with van der Waals surface area (Å²) in [5.74, 6) is -0.173. The Bertz CT molecular complexity index is 1030. The lowest BCUT2D eigenvalue weighted by molar-refractivity contribution is -0.111. The minimum Gasteiger partial charge on any atom is -0.379 e. The molecule has 0 aliphatic carbocycles. The molecular weight excluding hydrogens is 396 g/mol. The van der Waals surface area contributed by atoms with E-state index in [4.69, 9.17) is 4.74 Å². The largest absolute Gasteiger partial charge is 0.379 e. The van der Waals surface area contributed by atoms with Crippen molar-refractivity contribution < 1.29 is 9.53 Å². The third-order valence-corrected chi connectivity index (χ3v) is 5.70. The summed E-state index contributed by atoms with van der Waals surface area (Å²) in [5, 5.41) is 4.93. The van der Waals surface area contributed by atoms with E-state index in [1.807, 2.05) is 29.8 Å². The summed E-state index contributed by atoms with van der Waals surface area (Å²) in [6.07, 6.45) is 8.64. The number of morpholine rings is 1. The van der Waals surface area contributed by atoms with Crippen molar-refractivity contribution in [1.29, 1.82) is 0 Å². The summed E-state index contributed by atoms with van der Waals surface area (Å²) in [4.78, 5) is 19.0. The Morgan fingerprint density at radius 2 is 2.13 bits per heavy atom. The number of rotatable bonds is 6. The average molecular weight is 421 g/mol. The van der Waals surface area contributed by atoms with E-state index >= 15 is 0 Å². The molecule has 6 nitrogen and oxygen atoms in total. The molecule has 1 saturated heterocycles. The second-order valence-corrected chi connectivity index (χ2v) is 7.89. The fourth-order valence-electron chi connectivity index (χ4n) is 3.44.